The summed E-state index contributed by atoms with van der Waals surface area (Å²) < 4.78 is 10.3. The van der Waals surface area contributed by atoms with E-state index in [9.17, 15) is 0 Å². The van der Waals surface area contributed by atoms with Crippen molar-refractivity contribution in [2.45, 2.75) is 13.8 Å². The molecular weight excluding hydrogens is 540 g/mol. The minimum absolute atomic E-state index is 0. The summed E-state index contributed by atoms with van der Waals surface area (Å²) in [7, 11) is 0. The molecule has 11 heteroatoms. The fourth-order valence-electron chi connectivity index (χ4n) is 1.52. The molecular formula is C14H10Cl8FeO2. The Morgan fingerprint density at radius 1 is 0.560 bits per heavy atom. The summed E-state index contributed by atoms with van der Waals surface area (Å²) in [5.41, 5.74) is 0. The molecule has 0 unspecified atom stereocenters. The number of rotatable bonds is 4. The molecule has 0 fully saturated rings. The maximum absolute atomic E-state index is 5.77. The van der Waals surface area contributed by atoms with Gasteiger partial charge in [-0.05, 0) is 33.9 Å². The summed E-state index contributed by atoms with van der Waals surface area (Å²) in [5.74, 6) is 0.715. The summed E-state index contributed by atoms with van der Waals surface area (Å²) in [6.45, 7) is 4.58. The molecule has 0 aliphatic rings. The molecule has 0 N–H and O–H groups in total. The molecule has 2 aromatic carbocycles. The molecule has 2 nitrogen and oxygen atoms in total. The second-order valence-electron chi connectivity index (χ2n) is 4.04. The van der Waals surface area contributed by atoms with Crippen molar-refractivity contribution in [3.63, 3.8) is 0 Å². The fourth-order valence-corrected chi connectivity index (χ4v) is 3.50. The van der Waals surface area contributed by atoms with E-state index in [-0.39, 0.29) is 57.2 Å². The van der Waals surface area contributed by atoms with E-state index in [2.05, 4.69) is 0 Å². The van der Waals surface area contributed by atoms with Gasteiger partial charge in [0.25, 0.3) is 0 Å². The normalized spacial score (nSPS) is 10.0. The molecule has 2 aromatic rings. The number of hydrogen-bond donors (Lipinski definition) is 0. The van der Waals surface area contributed by atoms with Crippen LogP contribution in [0.3, 0.4) is 0 Å². The smallest absolute Gasteiger partial charge is 0.548 e. The van der Waals surface area contributed by atoms with Crippen molar-refractivity contribution in [2.75, 3.05) is 13.2 Å². The molecule has 0 aliphatic heterocycles. The van der Waals surface area contributed by atoms with Gasteiger partial charge in [0.05, 0.1) is 13.2 Å². The van der Waals surface area contributed by atoms with Crippen molar-refractivity contribution in [3.05, 3.63) is 40.2 Å². The SMILES string of the molecule is CCO[c-]1c(Cl)c(Cl)c(Cl)c1Cl.CCO[c-]1c(Cl)c(Cl)c(Cl)c1Cl.[Fe+2]. The van der Waals surface area contributed by atoms with Gasteiger partial charge in [0.15, 0.2) is 0 Å². The Balaban J connectivity index is 0.000000443. The van der Waals surface area contributed by atoms with Crippen LogP contribution in [0.25, 0.3) is 0 Å². The molecule has 0 aliphatic carbocycles. The Morgan fingerprint density at radius 2 is 0.760 bits per heavy atom. The molecule has 0 saturated heterocycles. The van der Waals surface area contributed by atoms with Crippen LogP contribution in [0.15, 0.2) is 0 Å². The van der Waals surface area contributed by atoms with Gasteiger partial charge in [0.2, 0.25) is 0 Å². The Morgan fingerprint density at radius 3 is 0.920 bits per heavy atom. The molecule has 0 atom stereocenters. The van der Waals surface area contributed by atoms with Gasteiger partial charge in [0, 0.05) is 11.5 Å². The average Bonchev–Trinajstić information content (AvgIpc) is 2.86. The van der Waals surface area contributed by atoms with Gasteiger partial charge in [-0.25, -0.2) is 0 Å². The van der Waals surface area contributed by atoms with Crippen molar-refractivity contribution in [1.29, 1.82) is 0 Å². The second-order valence-corrected chi connectivity index (χ2v) is 7.06. The number of ether oxygens (including phenoxy) is 2. The molecule has 0 bridgehead atoms. The van der Waals surface area contributed by atoms with Crippen LogP contribution in [0.4, 0.5) is 0 Å². The van der Waals surface area contributed by atoms with E-state index in [1.54, 1.807) is 0 Å². The molecule has 0 aromatic heterocycles. The summed E-state index contributed by atoms with van der Waals surface area (Å²) in [6.07, 6.45) is 0. The largest absolute Gasteiger partial charge is 2.00 e. The van der Waals surface area contributed by atoms with E-state index in [0.717, 1.165) is 0 Å². The van der Waals surface area contributed by atoms with Gasteiger partial charge in [0.1, 0.15) is 0 Å². The van der Waals surface area contributed by atoms with Crippen LogP contribution in [0.2, 0.25) is 40.2 Å². The first kappa shape index (κ1) is 26.1. The fraction of sp³-hybridized carbons (Fsp3) is 0.286. The second kappa shape index (κ2) is 11.9. The predicted octanol–water partition coefficient (Wildman–Crippen LogP) is 8.83. The van der Waals surface area contributed by atoms with E-state index >= 15 is 0 Å². The minimum Gasteiger partial charge on any atom is -0.548 e. The number of halogens is 8. The third-order valence-electron chi connectivity index (χ3n) is 2.53. The Bertz CT molecular complexity index is 599. The van der Waals surface area contributed by atoms with E-state index in [1.807, 2.05) is 13.8 Å². The van der Waals surface area contributed by atoms with Gasteiger partial charge in [-0.15, -0.1) is 46.4 Å². The van der Waals surface area contributed by atoms with E-state index < -0.39 is 0 Å². The Kier molecular flexibility index (Phi) is 12.4. The molecule has 0 heterocycles. The summed E-state index contributed by atoms with van der Waals surface area (Å²) in [5, 5.41) is 2.06. The number of hydrogen-bond acceptors (Lipinski definition) is 2. The molecule has 0 spiro atoms. The molecule has 142 valence electrons. The van der Waals surface area contributed by atoms with Crippen LogP contribution in [-0.4, -0.2) is 13.2 Å². The van der Waals surface area contributed by atoms with E-state index in [4.69, 9.17) is 102 Å². The zero-order valence-corrected chi connectivity index (χ0v) is 19.8. The van der Waals surface area contributed by atoms with Gasteiger partial charge in [-0.2, -0.15) is 46.4 Å². The van der Waals surface area contributed by atoms with E-state index in [1.165, 1.54) is 0 Å². The molecule has 2 rings (SSSR count). The Hall–Kier alpha value is 1.14. The van der Waals surface area contributed by atoms with Gasteiger partial charge < -0.3 is 9.47 Å². The van der Waals surface area contributed by atoms with Crippen LogP contribution in [0.5, 0.6) is 11.5 Å². The standard InChI is InChI=1S/2C7H5Cl4O.Fe/c2*1-2-12-7-5(10)3(8)4(9)6(7)11;/h2*2H2,1H3;/q2*-1;+2. The third kappa shape index (κ3) is 6.06. The molecule has 0 saturated carbocycles. The van der Waals surface area contributed by atoms with E-state index in [0.29, 0.717) is 24.7 Å². The van der Waals surface area contributed by atoms with Crippen LogP contribution < -0.4 is 9.47 Å². The average molecular weight is 550 g/mol. The summed E-state index contributed by atoms with van der Waals surface area (Å²) in [6, 6.07) is 0. The zero-order valence-electron chi connectivity index (χ0n) is 12.6. The van der Waals surface area contributed by atoms with Crippen LogP contribution >= 0.6 is 92.8 Å². The monoisotopic (exact) mass is 546 g/mol. The first-order valence-electron chi connectivity index (χ1n) is 6.41. The van der Waals surface area contributed by atoms with Crippen molar-refractivity contribution in [3.8, 4) is 11.5 Å². The minimum atomic E-state index is 0. The van der Waals surface area contributed by atoms with Gasteiger partial charge in [-0.1, -0.05) is 20.1 Å². The maximum atomic E-state index is 5.77. The topological polar surface area (TPSA) is 18.5 Å². The summed E-state index contributed by atoms with van der Waals surface area (Å²) in [4.78, 5) is 0. The zero-order chi connectivity index (χ0) is 18.6. The van der Waals surface area contributed by atoms with Crippen molar-refractivity contribution in [2.24, 2.45) is 0 Å². The van der Waals surface area contributed by atoms with Crippen molar-refractivity contribution < 1.29 is 26.5 Å². The van der Waals surface area contributed by atoms with Gasteiger partial charge in [-0.3, -0.25) is 0 Å². The predicted molar refractivity (Wildman–Crippen MR) is 106 cm³/mol. The van der Waals surface area contributed by atoms with Crippen molar-refractivity contribution in [1.82, 2.24) is 0 Å². The molecule has 0 amide bonds. The first-order chi connectivity index (χ1) is 11.2. The van der Waals surface area contributed by atoms with Crippen molar-refractivity contribution >= 4 is 92.8 Å². The first-order valence-corrected chi connectivity index (χ1v) is 9.44. The quantitative estimate of drug-likeness (QED) is 0.280. The summed E-state index contributed by atoms with van der Waals surface area (Å²) >= 11 is 45.9. The van der Waals surface area contributed by atoms with Crippen LogP contribution in [0.1, 0.15) is 13.8 Å². The third-order valence-corrected chi connectivity index (χ3v) is 6.07. The maximum Gasteiger partial charge on any atom is 2.00 e. The van der Waals surface area contributed by atoms with Gasteiger partial charge >= 0.3 is 17.1 Å². The Labute approximate surface area is 196 Å². The molecule has 25 heavy (non-hydrogen) atoms. The van der Waals surface area contributed by atoms with Crippen LogP contribution in [0, 0.1) is 0 Å². The van der Waals surface area contributed by atoms with Crippen LogP contribution in [-0.2, 0) is 17.1 Å². The molecule has 0 radical (unpaired) electrons.